The molecule has 0 aliphatic heterocycles. The van der Waals surface area contributed by atoms with Crippen molar-refractivity contribution in [1.29, 1.82) is 0 Å². The minimum atomic E-state index is 0.0712. The first kappa shape index (κ1) is 20.2. The molecule has 1 N–H and O–H groups in total. The number of guanidine groups is 1. The van der Waals surface area contributed by atoms with Crippen LogP contribution in [0.4, 0.5) is 0 Å². The SMILES string of the molecule is CN=C(NCCCCn1c(C)cccc1=O)N(C)Cc1ccccc1Br. The molecule has 140 valence electrons. The topological polar surface area (TPSA) is 49.6 Å². The predicted molar refractivity (Wildman–Crippen MR) is 112 cm³/mol. The number of nitrogens with zero attached hydrogens (tertiary/aromatic N) is 3. The molecule has 5 nitrogen and oxygen atoms in total. The van der Waals surface area contributed by atoms with Gasteiger partial charge < -0.3 is 14.8 Å². The van der Waals surface area contributed by atoms with E-state index in [1.54, 1.807) is 19.2 Å². The number of aromatic nitrogens is 1. The van der Waals surface area contributed by atoms with Crippen molar-refractivity contribution < 1.29 is 0 Å². The standard InChI is InChI=1S/C20H27BrN4O/c1-16-9-8-12-19(26)25(16)14-7-6-13-23-20(22-2)24(3)15-17-10-4-5-11-18(17)21/h4-5,8-12H,6-7,13-15H2,1-3H3,(H,22,23). The average Bonchev–Trinajstić information content (AvgIpc) is 2.62. The lowest BCUT2D eigenvalue weighted by Crippen LogP contribution is -2.39. The molecule has 0 atom stereocenters. The van der Waals surface area contributed by atoms with Crippen LogP contribution in [0, 0.1) is 6.92 Å². The number of halogens is 1. The molecule has 0 fully saturated rings. The van der Waals surface area contributed by atoms with Crippen LogP contribution in [-0.4, -0.2) is 36.1 Å². The summed E-state index contributed by atoms with van der Waals surface area (Å²) in [4.78, 5) is 18.3. The van der Waals surface area contributed by atoms with E-state index in [1.165, 1.54) is 5.56 Å². The number of pyridine rings is 1. The van der Waals surface area contributed by atoms with Crippen LogP contribution >= 0.6 is 15.9 Å². The van der Waals surface area contributed by atoms with Gasteiger partial charge in [-0.25, -0.2) is 0 Å². The van der Waals surface area contributed by atoms with Gasteiger partial charge in [-0.05, 0) is 37.5 Å². The Labute approximate surface area is 163 Å². The third-order valence-electron chi connectivity index (χ3n) is 4.30. The minimum absolute atomic E-state index is 0.0712. The van der Waals surface area contributed by atoms with Crippen LogP contribution in [0.5, 0.6) is 0 Å². The molecule has 1 aromatic heterocycles. The summed E-state index contributed by atoms with van der Waals surface area (Å²) >= 11 is 3.59. The smallest absolute Gasteiger partial charge is 0.250 e. The molecule has 0 bridgehead atoms. The Morgan fingerprint density at radius 1 is 1.19 bits per heavy atom. The summed E-state index contributed by atoms with van der Waals surface area (Å²) in [6.07, 6.45) is 1.92. The summed E-state index contributed by atoms with van der Waals surface area (Å²) < 4.78 is 2.93. The van der Waals surface area contributed by atoms with Crippen LogP contribution in [0.1, 0.15) is 24.1 Å². The van der Waals surface area contributed by atoms with Gasteiger partial charge >= 0.3 is 0 Å². The molecular formula is C20H27BrN4O. The van der Waals surface area contributed by atoms with Crippen molar-refractivity contribution in [3.63, 3.8) is 0 Å². The van der Waals surface area contributed by atoms with Gasteiger partial charge in [0, 0.05) is 50.0 Å². The van der Waals surface area contributed by atoms with Crippen molar-refractivity contribution >= 4 is 21.9 Å². The zero-order valence-electron chi connectivity index (χ0n) is 15.7. The largest absolute Gasteiger partial charge is 0.356 e. The van der Waals surface area contributed by atoms with Crippen molar-refractivity contribution in [2.24, 2.45) is 4.99 Å². The highest BCUT2D eigenvalue weighted by atomic mass is 79.9. The van der Waals surface area contributed by atoms with Crippen LogP contribution in [0.15, 0.2) is 56.7 Å². The van der Waals surface area contributed by atoms with Crippen LogP contribution in [0.3, 0.4) is 0 Å². The van der Waals surface area contributed by atoms with Gasteiger partial charge in [0.25, 0.3) is 5.56 Å². The molecule has 1 aromatic carbocycles. The Bertz CT molecular complexity index is 800. The fourth-order valence-electron chi connectivity index (χ4n) is 2.85. The van der Waals surface area contributed by atoms with Crippen molar-refractivity contribution in [1.82, 2.24) is 14.8 Å². The third kappa shape index (κ3) is 5.73. The van der Waals surface area contributed by atoms with E-state index in [9.17, 15) is 4.79 Å². The molecule has 0 aliphatic rings. The molecule has 2 aromatic rings. The summed E-state index contributed by atoms with van der Waals surface area (Å²) in [5.41, 5.74) is 2.30. The van der Waals surface area contributed by atoms with Gasteiger partial charge in [-0.3, -0.25) is 9.79 Å². The van der Waals surface area contributed by atoms with Crippen LogP contribution in [0.2, 0.25) is 0 Å². The predicted octanol–water partition coefficient (Wildman–Crippen LogP) is 3.41. The van der Waals surface area contributed by atoms with E-state index >= 15 is 0 Å². The quantitative estimate of drug-likeness (QED) is 0.425. The van der Waals surface area contributed by atoms with Gasteiger partial charge in [-0.15, -0.1) is 0 Å². The van der Waals surface area contributed by atoms with Crippen molar-refractivity contribution in [3.05, 3.63) is 68.5 Å². The van der Waals surface area contributed by atoms with E-state index in [2.05, 4.69) is 37.2 Å². The molecule has 0 saturated heterocycles. The zero-order valence-corrected chi connectivity index (χ0v) is 17.3. The van der Waals surface area contributed by atoms with Gasteiger partial charge in [0.05, 0.1) is 0 Å². The van der Waals surface area contributed by atoms with Crippen molar-refractivity contribution in [3.8, 4) is 0 Å². The maximum Gasteiger partial charge on any atom is 0.250 e. The Hall–Kier alpha value is -2.08. The maximum absolute atomic E-state index is 11.9. The second-order valence-corrected chi connectivity index (χ2v) is 7.14. The van der Waals surface area contributed by atoms with Crippen LogP contribution in [-0.2, 0) is 13.1 Å². The van der Waals surface area contributed by atoms with E-state index in [0.29, 0.717) is 0 Å². The number of hydrogen-bond acceptors (Lipinski definition) is 2. The molecule has 0 spiro atoms. The van der Waals surface area contributed by atoms with E-state index in [0.717, 1.165) is 48.6 Å². The molecule has 0 aliphatic carbocycles. The van der Waals surface area contributed by atoms with Crippen molar-refractivity contribution in [2.45, 2.75) is 32.9 Å². The molecule has 0 radical (unpaired) electrons. The Kier molecular flexibility index (Phi) is 7.91. The Morgan fingerprint density at radius 2 is 1.96 bits per heavy atom. The monoisotopic (exact) mass is 418 g/mol. The fraction of sp³-hybridized carbons (Fsp3) is 0.400. The molecular weight excluding hydrogens is 392 g/mol. The molecule has 26 heavy (non-hydrogen) atoms. The summed E-state index contributed by atoms with van der Waals surface area (Å²) in [6.45, 7) is 4.32. The molecule has 1 heterocycles. The normalized spacial score (nSPS) is 11.5. The van der Waals surface area contributed by atoms with E-state index in [1.807, 2.05) is 42.8 Å². The van der Waals surface area contributed by atoms with E-state index < -0.39 is 0 Å². The Balaban J connectivity index is 1.78. The van der Waals surface area contributed by atoms with Gasteiger partial charge in [0.2, 0.25) is 0 Å². The summed E-state index contributed by atoms with van der Waals surface area (Å²) in [7, 11) is 3.83. The Morgan fingerprint density at radius 3 is 2.65 bits per heavy atom. The third-order valence-corrected chi connectivity index (χ3v) is 5.07. The number of aliphatic imine (C=N–C) groups is 1. The maximum atomic E-state index is 11.9. The lowest BCUT2D eigenvalue weighted by atomic mass is 10.2. The van der Waals surface area contributed by atoms with Gasteiger partial charge in [0.15, 0.2) is 5.96 Å². The lowest BCUT2D eigenvalue weighted by Gasteiger charge is -2.22. The first-order valence-corrected chi connectivity index (χ1v) is 9.64. The zero-order chi connectivity index (χ0) is 18.9. The first-order chi connectivity index (χ1) is 12.5. The molecule has 6 heteroatoms. The first-order valence-electron chi connectivity index (χ1n) is 8.84. The molecule has 0 amide bonds. The summed E-state index contributed by atoms with van der Waals surface area (Å²) in [6, 6.07) is 13.6. The number of unbranched alkanes of at least 4 members (excludes halogenated alkanes) is 1. The molecule has 0 saturated carbocycles. The molecule has 0 unspecified atom stereocenters. The van der Waals surface area contributed by atoms with Gasteiger partial charge in [-0.1, -0.05) is 40.2 Å². The summed E-state index contributed by atoms with van der Waals surface area (Å²) in [5.74, 6) is 0.869. The van der Waals surface area contributed by atoms with Crippen LogP contribution in [0.25, 0.3) is 0 Å². The number of benzene rings is 1. The number of nitrogens with one attached hydrogen (secondary N) is 1. The second kappa shape index (κ2) is 10.2. The average molecular weight is 419 g/mol. The second-order valence-electron chi connectivity index (χ2n) is 6.29. The highest BCUT2D eigenvalue weighted by molar-refractivity contribution is 9.10. The molecule has 2 rings (SSSR count). The fourth-order valence-corrected chi connectivity index (χ4v) is 3.26. The number of hydrogen-bond donors (Lipinski definition) is 1. The minimum Gasteiger partial charge on any atom is -0.356 e. The van der Waals surface area contributed by atoms with E-state index in [4.69, 9.17) is 0 Å². The highest BCUT2D eigenvalue weighted by Crippen LogP contribution is 2.17. The highest BCUT2D eigenvalue weighted by Gasteiger charge is 2.08. The van der Waals surface area contributed by atoms with Crippen molar-refractivity contribution in [2.75, 3.05) is 20.6 Å². The number of rotatable bonds is 7. The summed E-state index contributed by atoms with van der Waals surface area (Å²) in [5, 5.41) is 3.40. The van der Waals surface area contributed by atoms with Gasteiger partial charge in [0.1, 0.15) is 0 Å². The number of aryl methyl sites for hydroxylation is 1. The van der Waals surface area contributed by atoms with Crippen LogP contribution < -0.4 is 10.9 Å². The lowest BCUT2D eigenvalue weighted by molar-refractivity contribution is 0.471. The van der Waals surface area contributed by atoms with Gasteiger partial charge in [-0.2, -0.15) is 0 Å². The van der Waals surface area contributed by atoms with E-state index in [-0.39, 0.29) is 5.56 Å².